The minimum absolute atomic E-state index is 0.612. The van der Waals surface area contributed by atoms with Crippen molar-refractivity contribution in [2.75, 3.05) is 32.1 Å². The minimum Gasteiger partial charge on any atom is -0.359 e. The molecule has 1 N–H and O–H groups in total. The van der Waals surface area contributed by atoms with E-state index in [-0.39, 0.29) is 0 Å². The maximum Gasteiger partial charge on any atom is 0.128 e. The highest BCUT2D eigenvalue weighted by molar-refractivity contribution is 9.10. The zero-order valence-corrected chi connectivity index (χ0v) is 12.0. The molecule has 1 rings (SSSR count). The Hall–Kier alpha value is -0.610. The summed E-state index contributed by atoms with van der Waals surface area (Å²) in [5, 5.41) is 3.19. The summed E-state index contributed by atoms with van der Waals surface area (Å²) >= 11 is 3.46. The third-order valence-electron chi connectivity index (χ3n) is 2.56. The first-order valence-electron chi connectivity index (χ1n) is 5.52. The smallest absolute Gasteiger partial charge is 0.128 e. The quantitative estimate of drug-likeness (QED) is 0.901. The fraction of sp³-hybridized carbons (Fsp3) is 0.583. The molecule has 0 radical (unpaired) electrons. The summed E-state index contributed by atoms with van der Waals surface area (Å²) in [6, 6.07) is 2.11. The van der Waals surface area contributed by atoms with Crippen LogP contribution in [0.5, 0.6) is 0 Å². The highest BCUT2D eigenvalue weighted by Gasteiger charge is 2.08. The van der Waals surface area contributed by atoms with Crippen LogP contribution in [0.1, 0.15) is 12.5 Å². The first-order chi connectivity index (χ1) is 7.54. The standard InChI is InChI=1S/C12H20BrN3/c1-9(6-14-3)8-16(4)12-5-10(2)11(13)7-15-12/h5,7,9,14H,6,8H2,1-4H3. The van der Waals surface area contributed by atoms with Gasteiger partial charge in [0.25, 0.3) is 0 Å². The van der Waals surface area contributed by atoms with Crippen molar-refractivity contribution in [2.24, 2.45) is 5.92 Å². The molecule has 0 saturated carbocycles. The van der Waals surface area contributed by atoms with Gasteiger partial charge in [0, 0.05) is 24.3 Å². The Balaban J connectivity index is 2.65. The second-order valence-corrected chi connectivity index (χ2v) is 5.19. The molecular weight excluding hydrogens is 266 g/mol. The van der Waals surface area contributed by atoms with Crippen molar-refractivity contribution < 1.29 is 0 Å². The fourth-order valence-corrected chi connectivity index (χ4v) is 1.92. The lowest BCUT2D eigenvalue weighted by atomic mass is 10.1. The van der Waals surface area contributed by atoms with Crippen LogP contribution in [0.4, 0.5) is 5.82 Å². The Labute approximate surface area is 106 Å². The summed E-state index contributed by atoms with van der Waals surface area (Å²) in [7, 11) is 4.07. The highest BCUT2D eigenvalue weighted by atomic mass is 79.9. The Morgan fingerprint density at radius 2 is 2.25 bits per heavy atom. The van der Waals surface area contributed by atoms with Crippen LogP contribution >= 0.6 is 15.9 Å². The van der Waals surface area contributed by atoms with Gasteiger partial charge in [-0.2, -0.15) is 0 Å². The van der Waals surface area contributed by atoms with Gasteiger partial charge in [0.05, 0.1) is 0 Å². The van der Waals surface area contributed by atoms with Crippen molar-refractivity contribution in [3.05, 3.63) is 22.3 Å². The SMILES string of the molecule is CNCC(C)CN(C)c1cc(C)c(Br)cn1. The van der Waals surface area contributed by atoms with E-state index in [2.05, 4.69) is 58.1 Å². The number of aromatic nitrogens is 1. The maximum absolute atomic E-state index is 4.41. The van der Waals surface area contributed by atoms with E-state index in [0.717, 1.165) is 23.4 Å². The molecule has 90 valence electrons. The van der Waals surface area contributed by atoms with Crippen molar-refractivity contribution in [3.63, 3.8) is 0 Å². The third-order valence-corrected chi connectivity index (χ3v) is 3.39. The van der Waals surface area contributed by atoms with E-state index < -0.39 is 0 Å². The lowest BCUT2D eigenvalue weighted by Gasteiger charge is -2.22. The average Bonchev–Trinajstić information content (AvgIpc) is 2.22. The second kappa shape index (κ2) is 6.21. The van der Waals surface area contributed by atoms with E-state index in [1.165, 1.54) is 5.56 Å². The Kier molecular flexibility index (Phi) is 5.22. The first kappa shape index (κ1) is 13.5. The van der Waals surface area contributed by atoms with Gasteiger partial charge in [0.15, 0.2) is 0 Å². The Morgan fingerprint density at radius 3 is 2.81 bits per heavy atom. The monoisotopic (exact) mass is 285 g/mol. The summed E-state index contributed by atoms with van der Waals surface area (Å²) in [4.78, 5) is 6.61. The number of pyridine rings is 1. The third kappa shape index (κ3) is 3.76. The zero-order valence-electron chi connectivity index (χ0n) is 10.4. The van der Waals surface area contributed by atoms with Crippen LogP contribution in [0.2, 0.25) is 0 Å². The molecule has 3 nitrogen and oxygen atoms in total. The number of nitrogens with zero attached hydrogens (tertiary/aromatic N) is 2. The fourth-order valence-electron chi connectivity index (χ4n) is 1.71. The molecule has 0 saturated heterocycles. The zero-order chi connectivity index (χ0) is 12.1. The van der Waals surface area contributed by atoms with Gasteiger partial charge in [0.1, 0.15) is 5.82 Å². The largest absolute Gasteiger partial charge is 0.359 e. The summed E-state index contributed by atoms with van der Waals surface area (Å²) in [6.07, 6.45) is 1.86. The highest BCUT2D eigenvalue weighted by Crippen LogP contribution is 2.19. The molecule has 0 aliphatic rings. The van der Waals surface area contributed by atoms with Crippen LogP contribution in [-0.4, -0.2) is 32.2 Å². The normalized spacial score (nSPS) is 12.6. The number of anilines is 1. The number of hydrogen-bond acceptors (Lipinski definition) is 3. The summed E-state index contributed by atoms with van der Waals surface area (Å²) in [5.74, 6) is 1.64. The molecular formula is C12H20BrN3. The van der Waals surface area contributed by atoms with Gasteiger partial charge >= 0.3 is 0 Å². The van der Waals surface area contributed by atoms with Gasteiger partial charge in [-0.15, -0.1) is 0 Å². The van der Waals surface area contributed by atoms with Crippen LogP contribution < -0.4 is 10.2 Å². The summed E-state index contributed by atoms with van der Waals surface area (Å²) < 4.78 is 1.06. The average molecular weight is 286 g/mol. The Bertz CT molecular complexity index is 341. The first-order valence-corrected chi connectivity index (χ1v) is 6.31. The van der Waals surface area contributed by atoms with E-state index in [9.17, 15) is 0 Å². The van der Waals surface area contributed by atoms with Crippen molar-refractivity contribution in [1.82, 2.24) is 10.3 Å². The van der Waals surface area contributed by atoms with Crippen molar-refractivity contribution in [2.45, 2.75) is 13.8 Å². The topological polar surface area (TPSA) is 28.2 Å². The predicted octanol–water partition coefficient (Wildman–Crippen LogP) is 2.44. The molecule has 0 aliphatic carbocycles. The summed E-state index contributed by atoms with van der Waals surface area (Å²) in [6.45, 7) is 6.35. The van der Waals surface area contributed by atoms with Gasteiger partial charge in [-0.25, -0.2) is 4.98 Å². The van der Waals surface area contributed by atoms with Gasteiger partial charge in [-0.05, 0) is 54.0 Å². The Morgan fingerprint density at radius 1 is 1.56 bits per heavy atom. The molecule has 0 aliphatic heterocycles. The van der Waals surface area contributed by atoms with Crippen molar-refractivity contribution in [3.8, 4) is 0 Å². The van der Waals surface area contributed by atoms with Crippen LogP contribution in [0, 0.1) is 12.8 Å². The number of aryl methyl sites for hydroxylation is 1. The minimum atomic E-state index is 0.612. The van der Waals surface area contributed by atoms with E-state index in [4.69, 9.17) is 0 Å². The lowest BCUT2D eigenvalue weighted by molar-refractivity contribution is 0.541. The number of rotatable bonds is 5. The molecule has 0 spiro atoms. The molecule has 16 heavy (non-hydrogen) atoms. The lowest BCUT2D eigenvalue weighted by Crippen LogP contribution is -2.30. The van der Waals surface area contributed by atoms with Gasteiger partial charge in [-0.3, -0.25) is 0 Å². The second-order valence-electron chi connectivity index (χ2n) is 4.34. The predicted molar refractivity (Wildman–Crippen MR) is 73.0 cm³/mol. The molecule has 4 heteroatoms. The summed E-state index contributed by atoms with van der Waals surface area (Å²) in [5.41, 5.74) is 1.22. The van der Waals surface area contributed by atoms with E-state index in [0.29, 0.717) is 5.92 Å². The van der Waals surface area contributed by atoms with Gasteiger partial charge in [-0.1, -0.05) is 6.92 Å². The van der Waals surface area contributed by atoms with Crippen molar-refractivity contribution in [1.29, 1.82) is 0 Å². The van der Waals surface area contributed by atoms with Gasteiger partial charge < -0.3 is 10.2 Å². The molecule has 1 atom stereocenters. The van der Waals surface area contributed by atoms with Gasteiger partial charge in [0.2, 0.25) is 0 Å². The van der Waals surface area contributed by atoms with Crippen LogP contribution in [-0.2, 0) is 0 Å². The molecule has 0 bridgehead atoms. The van der Waals surface area contributed by atoms with Crippen LogP contribution in [0.15, 0.2) is 16.7 Å². The molecule has 0 amide bonds. The van der Waals surface area contributed by atoms with Crippen molar-refractivity contribution >= 4 is 21.7 Å². The molecule has 1 aromatic rings. The molecule has 0 fully saturated rings. The molecule has 1 aromatic heterocycles. The maximum atomic E-state index is 4.41. The van der Waals surface area contributed by atoms with E-state index >= 15 is 0 Å². The number of halogens is 1. The van der Waals surface area contributed by atoms with Crippen LogP contribution in [0.3, 0.4) is 0 Å². The molecule has 1 heterocycles. The molecule has 1 unspecified atom stereocenters. The van der Waals surface area contributed by atoms with E-state index in [1.54, 1.807) is 0 Å². The number of hydrogen-bond donors (Lipinski definition) is 1. The molecule has 0 aromatic carbocycles. The number of nitrogens with one attached hydrogen (secondary N) is 1. The van der Waals surface area contributed by atoms with Crippen LogP contribution in [0.25, 0.3) is 0 Å². The van der Waals surface area contributed by atoms with E-state index in [1.807, 2.05) is 13.2 Å².